The van der Waals surface area contributed by atoms with E-state index in [9.17, 15) is 13.2 Å². The summed E-state index contributed by atoms with van der Waals surface area (Å²) >= 11 is 0. The Labute approximate surface area is 126 Å². The number of hydrogen-bond donors (Lipinski definition) is 0. The maximum Gasteiger partial charge on any atom is 0.243 e. The lowest BCUT2D eigenvalue weighted by molar-refractivity contribution is -0.128. The van der Waals surface area contributed by atoms with Crippen LogP contribution in [0.4, 0.5) is 0 Å². The fraction of sp³-hybridized carbons (Fsp3) is 0.562. The highest BCUT2D eigenvalue weighted by atomic mass is 32.2. The normalized spacial score (nSPS) is 29.5. The fourth-order valence-corrected chi connectivity index (χ4v) is 5.72. The molecule has 1 aliphatic carbocycles. The number of fused-ring (bicyclic) bond motifs is 3. The molecule has 4 rings (SSSR count). The van der Waals surface area contributed by atoms with E-state index in [1.54, 1.807) is 30.3 Å². The summed E-state index contributed by atoms with van der Waals surface area (Å²) in [4.78, 5) is 12.6. The van der Waals surface area contributed by atoms with Gasteiger partial charge in [-0.05, 0) is 43.7 Å². The van der Waals surface area contributed by atoms with Gasteiger partial charge in [0.2, 0.25) is 10.0 Å². The van der Waals surface area contributed by atoms with Gasteiger partial charge in [0.1, 0.15) is 0 Å². The van der Waals surface area contributed by atoms with Crippen LogP contribution in [0.3, 0.4) is 0 Å². The summed E-state index contributed by atoms with van der Waals surface area (Å²) in [6.45, 7) is 1.82. The van der Waals surface area contributed by atoms with Crippen LogP contribution in [0.25, 0.3) is 0 Å². The van der Waals surface area contributed by atoms with Crippen LogP contribution in [0, 0.1) is 5.92 Å². The molecule has 4 nitrogen and oxygen atoms in total. The van der Waals surface area contributed by atoms with Crippen molar-refractivity contribution in [2.24, 2.45) is 5.92 Å². The third-order valence-corrected chi connectivity index (χ3v) is 6.77. The van der Waals surface area contributed by atoms with E-state index in [0.717, 1.165) is 25.7 Å². The zero-order valence-electron chi connectivity index (χ0n) is 12.2. The smallest absolute Gasteiger partial charge is 0.243 e. The predicted octanol–water partition coefficient (Wildman–Crippen LogP) is 2.60. The maximum absolute atomic E-state index is 13.0. The molecule has 0 aromatic heterocycles. The van der Waals surface area contributed by atoms with Crippen molar-refractivity contribution in [2.45, 2.75) is 56.0 Å². The molecular weight excluding hydrogens is 286 g/mol. The summed E-state index contributed by atoms with van der Waals surface area (Å²) in [7, 11) is -3.58. The first-order chi connectivity index (χ1) is 10.1. The van der Waals surface area contributed by atoms with E-state index in [1.807, 2.05) is 6.92 Å². The minimum Gasteiger partial charge on any atom is -0.298 e. The Morgan fingerprint density at radius 2 is 1.76 bits per heavy atom. The lowest BCUT2D eigenvalue weighted by Crippen LogP contribution is -2.60. The highest BCUT2D eigenvalue weighted by Gasteiger charge is 2.50. The Morgan fingerprint density at radius 1 is 1.14 bits per heavy atom. The van der Waals surface area contributed by atoms with Crippen molar-refractivity contribution in [3.05, 3.63) is 30.3 Å². The number of rotatable bonds is 4. The topological polar surface area (TPSA) is 54.5 Å². The number of Topliss-reactive ketones (excluding diaryl/α,β-unsaturated/α-hetero) is 1. The van der Waals surface area contributed by atoms with Crippen molar-refractivity contribution in [3.8, 4) is 0 Å². The van der Waals surface area contributed by atoms with E-state index in [1.165, 1.54) is 4.31 Å². The number of benzene rings is 1. The molecule has 114 valence electrons. The van der Waals surface area contributed by atoms with Gasteiger partial charge in [0.25, 0.3) is 0 Å². The molecule has 1 aromatic rings. The number of carbonyl (C=O) groups is 1. The summed E-state index contributed by atoms with van der Waals surface area (Å²) in [6.07, 6.45) is 4.10. The Bertz CT molecular complexity index is 618. The van der Waals surface area contributed by atoms with E-state index >= 15 is 0 Å². The van der Waals surface area contributed by atoms with Gasteiger partial charge in [-0.1, -0.05) is 25.1 Å². The van der Waals surface area contributed by atoms with Crippen molar-refractivity contribution in [1.29, 1.82) is 0 Å². The molecule has 21 heavy (non-hydrogen) atoms. The quantitative estimate of drug-likeness (QED) is 0.859. The zero-order valence-corrected chi connectivity index (χ0v) is 13.1. The number of nitrogens with zero attached hydrogens (tertiary/aromatic N) is 1. The largest absolute Gasteiger partial charge is 0.298 e. The minimum atomic E-state index is -3.58. The predicted molar refractivity (Wildman–Crippen MR) is 80.3 cm³/mol. The van der Waals surface area contributed by atoms with Gasteiger partial charge in [-0.3, -0.25) is 4.79 Å². The molecule has 2 saturated heterocycles. The lowest BCUT2D eigenvalue weighted by Gasteiger charge is -2.49. The molecule has 0 N–H and O–H groups in total. The Morgan fingerprint density at radius 3 is 2.33 bits per heavy atom. The lowest BCUT2D eigenvalue weighted by atomic mass is 9.74. The first-order valence-corrected chi connectivity index (χ1v) is 9.11. The fourth-order valence-electron chi connectivity index (χ4n) is 3.78. The second-order valence-corrected chi connectivity index (χ2v) is 7.82. The van der Waals surface area contributed by atoms with Gasteiger partial charge in [0.15, 0.2) is 5.78 Å². The van der Waals surface area contributed by atoms with Gasteiger partial charge in [0.05, 0.1) is 10.9 Å². The van der Waals surface area contributed by atoms with Crippen LogP contribution in [0.1, 0.15) is 39.0 Å². The standard InChI is InChI=1S/C16H21NO3S/c1-2-15(18)16-12-8-10-13(11-9-12)17(16)21(19,20)14-6-4-3-5-7-14/h3-7,12-13,16H,2,8-11H2,1H3. The van der Waals surface area contributed by atoms with Crippen molar-refractivity contribution < 1.29 is 13.2 Å². The van der Waals surface area contributed by atoms with Crippen molar-refractivity contribution in [1.82, 2.24) is 4.31 Å². The molecule has 1 atom stereocenters. The molecule has 0 amide bonds. The van der Waals surface area contributed by atoms with E-state index in [0.29, 0.717) is 11.3 Å². The number of ketones is 1. The second-order valence-electron chi connectivity index (χ2n) is 5.98. The average molecular weight is 307 g/mol. The molecule has 2 aliphatic heterocycles. The first-order valence-electron chi connectivity index (χ1n) is 7.67. The highest BCUT2D eigenvalue weighted by Crippen LogP contribution is 2.43. The van der Waals surface area contributed by atoms with Crippen LogP contribution < -0.4 is 0 Å². The molecule has 0 spiro atoms. The number of hydrogen-bond acceptors (Lipinski definition) is 3. The van der Waals surface area contributed by atoms with Gasteiger partial charge in [-0.15, -0.1) is 0 Å². The summed E-state index contributed by atoms with van der Waals surface area (Å²) in [6, 6.07) is 8.03. The van der Waals surface area contributed by atoms with Gasteiger partial charge in [-0.2, -0.15) is 4.31 Å². The number of piperidine rings is 2. The molecular formula is C16H21NO3S. The molecule has 0 radical (unpaired) electrons. The molecule has 1 saturated carbocycles. The van der Waals surface area contributed by atoms with Gasteiger partial charge >= 0.3 is 0 Å². The second kappa shape index (κ2) is 5.54. The monoisotopic (exact) mass is 307 g/mol. The molecule has 3 fully saturated rings. The highest BCUT2D eigenvalue weighted by molar-refractivity contribution is 7.89. The van der Waals surface area contributed by atoms with Crippen LogP contribution in [-0.2, 0) is 14.8 Å². The van der Waals surface area contributed by atoms with E-state index in [2.05, 4.69) is 0 Å². The molecule has 2 bridgehead atoms. The maximum atomic E-state index is 13.0. The molecule has 1 unspecified atom stereocenters. The van der Waals surface area contributed by atoms with Crippen LogP contribution >= 0.6 is 0 Å². The van der Waals surface area contributed by atoms with E-state index in [-0.39, 0.29) is 17.7 Å². The van der Waals surface area contributed by atoms with Gasteiger partial charge in [-0.25, -0.2) is 8.42 Å². The van der Waals surface area contributed by atoms with Crippen LogP contribution in [0.2, 0.25) is 0 Å². The zero-order chi connectivity index (χ0) is 15.0. The Kier molecular flexibility index (Phi) is 3.88. The van der Waals surface area contributed by atoms with E-state index < -0.39 is 16.1 Å². The molecule has 2 heterocycles. The molecule has 3 aliphatic rings. The summed E-state index contributed by atoms with van der Waals surface area (Å²) in [5.74, 6) is 0.254. The summed E-state index contributed by atoms with van der Waals surface area (Å²) in [5.41, 5.74) is 0. The SMILES string of the molecule is CCC(=O)C1C2CCC(CC2)N1S(=O)(=O)c1ccccc1. The summed E-state index contributed by atoms with van der Waals surface area (Å²) in [5, 5.41) is 0. The van der Waals surface area contributed by atoms with E-state index in [4.69, 9.17) is 0 Å². The van der Waals surface area contributed by atoms with Crippen LogP contribution in [0.5, 0.6) is 0 Å². The number of sulfonamides is 1. The minimum absolute atomic E-state index is 0.0132. The Hall–Kier alpha value is -1.20. The van der Waals surface area contributed by atoms with Gasteiger partial charge in [0, 0.05) is 12.5 Å². The molecule has 1 aromatic carbocycles. The van der Waals surface area contributed by atoms with Crippen LogP contribution in [0.15, 0.2) is 35.2 Å². The van der Waals surface area contributed by atoms with Crippen molar-refractivity contribution in [2.75, 3.05) is 0 Å². The van der Waals surface area contributed by atoms with Crippen molar-refractivity contribution in [3.63, 3.8) is 0 Å². The first kappa shape index (κ1) is 14.7. The molecule has 5 heteroatoms. The third-order valence-electron chi connectivity index (χ3n) is 4.82. The van der Waals surface area contributed by atoms with Crippen LogP contribution in [-0.4, -0.2) is 30.6 Å². The van der Waals surface area contributed by atoms with Crippen molar-refractivity contribution >= 4 is 15.8 Å². The average Bonchev–Trinajstić information content (AvgIpc) is 2.55. The van der Waals surface area contributed by atoms with Gasteiger partial charge < -0.3 is 0 Å². The Balaban J connectivity index is 2.04. The number of carbonyl (C=O) groups excluding carboxylic acids is 1. The third kappa shape index (κ3) is 2.42. The summed E-state index contributed by atoms with van der Waals surface area (Å²) < 4.78 is 27.5.